The summed E-state index contributed by atoms with van der Waals surface area (Å²) < 4.78 is 13.4. The van der Waals surface area contributed by atoms with E-state index in [0.29, 0.717) is 31.6 Å². The smallest absolute Gasteiger partial charge is 0.251 e. The Kier molecular flexibility index (Phi) is 5.38. The number of benzene rings is 1. The molecule has 6 nitrogen and oxygen atoms in total. The van der Waals surface area contributed by atoms with Crippen molar-refractivity contribution in [2.45, 2.75) is 38.1 Å². The maximum absolute atomic E-state index is 13.4. The maximum atomic E-state index is 13.4. The highest BCUT2D eigenvalue weighted by Gasteiger charge is 2.44. The number of imide groups is 1. The summed E-state index contributed by atoms with van der Waals surface area (Å²) in [7, 11) is 0. The molecule has 150 valence electrons. The zero-order valence-electron chi connectivity index (χ0n) is 15.6. The lowest BCUT2D eigenvalue weighted by Gasteiger charge is -2.35. The van der Waals surface area contributed by atoms with Crippen LogP contribution in [0.2, 0.25) is 5.02 Å². The number of amides is 3. The van der Waals surface area contributed by atoms with Gasteiger partial charge in [0.2, 0.25) is 11.8 Å². The van der Waals surface area contributed by atoms with Crippen molar-refractivity contribution >= 4 is 35.0 Å². The van der Waals surface area contributed by atoms with Crippen molar-refractivity contribution in [3.05, 3.63) is 29.0 Å². The molecule has 0 bridgehead atoms. The predicted molar refractivity (Wildman–Crippen MR) is 102 cm³/mol. The van der Waals surface area contributed by atoms with Gasteiger partial charge < -0.3 is 4.90 Å². The van der Waals surface area contributed by atoms with Crippen molar-refractivity contribution in [1.82, 2.24) is 9.80 Å². The number of halogens is 2. The number of rotatable bonds is 3. The number of hydrogen-bond donors (Lipinski definition) is 0. The monoisotopic (exact) mass is 407 g/mol. The van der Waals surface area contributed by atoms with E-state index in [4.69, 9.17) is 11.6 Å². The van der Waals surface area contributed by atoms with Gasteiger partial charge in [0.15, 0.2) is 0 Å². The lowest BCUT2D eigenvalue weighted by atomic mass is 9.94. The molecule has 1 aromatic carbocycles. The van der Waals surface area contributed by atoms with Crippen molar-refractivity contribution in [2.24, 2.45) is 5.92 Å². The normalized spacial score (nSPS) is 24.4. The van der Waals surface area contributed by atoms with Crippen LogP contribution in [0.1, 0.15) is 32.1 Å². The molecule has 28 heavy (non-hydrogen) atoms. The van der Waals surface area contributed by atoms with Crippen LogP contribution in [-0.4, -0.2) is 59.7 Å². The molecule has 0 aliphatic carbocycles. The van der Waals surface area contributed by atoms with E-state index in [0.717, 1.165) is 36.9 Å². The fourth-order valence-electron chi connectivity index (χ4n) is 4.45. The zero-order chi connectivity index (χ0) is 19.8. The van der Waals surface area contributed by atoms with Crippen molar-refractivity contribution < 1.29 is 18.8 Å². The Hall–Kier alpha value is -1.99. The third-order valence-corrected chi connectivity index (χ3v) is 6.31. The molecule has 0 unspecified atom stereocenters. The van der Waals surface area contributed by atoms with E-state index in [1.807, 2.05) is 9.80 Å². The second-order valence-corrected chi connectivity index (χ2v) is 8.14. The van der Waals surface area contributed by atoms with Gasteiger partial charge in [0.25, 0.3) is 5.91 Å². The van der Waals surface area contributed by atoms with E-state index < -0.39 is 11.9 Å². The molecule has 4 rings (SSSR count). The minimum atomic E-state index is -0.592. The molecule has 0 N–H and O–H groups in total. The van der Waals surface area contributed by atoms with E-state index in [1.165, 1.54) is 12.1 Å². The Labute approximate surface area is 168 Å². The van der Waals surface area contributed by atoms with Crippen molar-refractivity contribution in [3.8, 4) is 0 Å². The lowest BCUT2D eigenvalue weighted by Crippen LogP contribution is -2.48. The van der Waals surface area contributed by atoms with Crippen LogP contribution in [0.4, 0.5) is 10.1 Å². The van der Waals surface area contributed by atoms with Crippen molar-refractivity contribution in [3.63, 3.8) is 0 Å². The second kappa shape index (κ2) is 7.79. The Balaban J connectivity index is 1.40. The molecule has 3 amide bonds. The van der Waals surface area contributed by atoms with Gasteiger partial charge in [0, 0.05) is 19.0 Å². The number of anilines is 1. The van der Waals surface area contributed by atoms with Crippen LogP contribution in [-0.2, 0) is 14.4 Å². The summed E-state index contributed by atoms with van der Waals surface area (Å²) in [6.07, 6.45) is 3.66. The van der Waals surface area contributed by atoms with Crippen LogP contribution >= 0.6 is 11.6 Å². The average molecular weight is 408 g/mol. The number of likely N-dealkylation sites (tertiary alicyclic amines) is 2. The molecule has 0 radical (unpaired) electrons. The molecule has 0 aromatic heterocycles. The molecule has 0 spiro atoms. The maximum Gasteiger partial charge on any atom is 0.251 e. The molecular formula is C20H23ClFN3O3. The second-order valence-electron chi connectivity index (χ2n) is 7.73. The summed E-state index contributed by atoms with van der Waals surface area (Å²) in [5.74, 6) is -0.974. The average Bonchev–Trinajstić information content (AvgIpc) is 3.32. The summed E-state index contributed by atoms with van der Waals surface area (Å²) in [5, 5.41) is -0.122. The van der Waals surface area contributed by atoms with Gasteiger partial charge in [-0.2, -0.15) is 0 Å². The third kappa shape index (κ3) is 3.53. The summed E-state index contributed by atoms with van der Waals surface area (Å²) >= 11 is 5.80. The Bertz CT molecular complexity index is 804. The quantitative estimate of drug-likeness (QED) is 0.722. The molecule has 3 aliphatic rings. The Morgan fingerprint density at radius 2 is 1.75 bits per heavy atom. The van der Waals surface area contributed by atoms with E-state index in [2.05, 4.69) is 0 Å². The topological polar surface area (TPSA) is 60.9 Å². The molecule has 1 atom stereocenters. The largest absolute Gasteiger partial charge is 0.342 e. The van der Waals surface area contributed by atoms with Gasteiger partial charge >= 0.3 is 0 Å². The van der Waals surface area contributed by atoms with Crippen LogP contribution in [0, 0.1) is 11.7 Å². The summed E-state index contributed by atoms with van der Waals surface area (Å²) in [4.78, 5) is 43.0. The minimum Gasteiger partial charge on any atom is -0.342 e. The fourth-order valence-corrected chi connectivity index (χ4v) is 4.63. The fraction of sp³-hybridized carbons (Fsp3) is 0.550. The van der Waals surface area contributed by atoms with Crippen molar-refractivity contribution in [1.29, 1.82) is 0 Å². The molecule has 8 heteroatoms. The van der Waals surface area contributed by atoms with Gasteiger partial charge in [0.1, 0.15) is 5.82 Å². The van der Waals surface area contributed by atoms with Gasteiger partial charge in [-0.1, -0.05) is 11.6 Å². The van der Waals surface area contributed by atoms with Gasteiger partial charge in [0.05, 0.1) is 23.2 Å². The van der Waals surface area contributed by atoms with Gasteiger partial charge in [-0.15, -0.1) is 0 Å². The molecule has 3 heterocycles. The molecule has 3 fully saturated rings. The van der Waals surface area contributed by atoms with Crippen LogP contribution < -0.4 is 4.90 Å². The van der Waals surface area contributed by atoms with E-state index in [1.54, 1.807) is 0 Å². The number of hydrogen-bond acceptors (Lipinski definition) is 4. The van der Waals surface area contributed by atoms with E-state index in [9.17, 15) is 18.8 Å². The third-order valence-electron chi connectivity index (χ3n) is 6.02. The van der Waals surface area contributed by atoms with E-state index in [-0.39, 0.29) is 35.1 Å². The van der Waals surface area contributed by atoms with Crippen LogP contribution in [0.15, 0.2) is 18.2 Å². The molecule has 1 aromatic rings. The highest BCUT2D eigenvalue weighted by atomic mass is 35.5. The predicted octanol–water partition coefficient (Wildman–Crippen LogP) is 2.45. The number of carbonyl (C=O) groups excluding carboxylic acids is 3. The number of carbonyl (C=O) groups is 3. The molecule has 3 saturated heterocycles. The zero-order valence-corrected chi connectivity index (χ0v) is 16.3. The molecular weight excluding hydrogens is 385 g/mol. The number of nitrogens with zero attached hydrogens (tertiary/aromatic N) is 3. The molecule has 3 aliphatic heterocycles. The highest BCUT2D eigenvalue weighted by Crippen LogP contribution is 2.31. The van der Waals surface area contributed by atoms with Crippen LogP contribution in [0.5, 0.6) is 0 Å². The lowest BCUT2D eigenvalue weighted by molar-refractivity contribution is -0.136. The first-order chi connectivity index (χ1) is 13.5. The highest BCUT2D eigenvalue weighted by molar-refractivity contribution is 6.31. The first-order valence-corrected chi connectivity index (χ1v) is 10.2. The molecule has 0 saturated carbocycles. The first-order valence-electron chi connectivity index (χ1n) is 9.80. The Morgan fingerprint density at radius 1 is 1.07 bits per heavy atom. The first kappa shape index (κ1) is 19.3. The number of piperidine rings is 1. The van der Waals surface area contributed by atoms with Crippen LogP contribution in [0.25, 0.3) is 0 Å². The minimum absolute atomic E-state index is 0.00793. The SMILES string of the molecule is O=C(C1CCN([C@H]2CC(=O)N(c3ccc(F)c(Cl)c3)C2=O)CC1)N1CCCC1. The van der Waals surface area contributed by atoms with Gasteiger partial charge in [-0.3, -0.25) is 19.3 Å². The van der Waals surface area contributed by atoms with Gasteiger partial charge in [-0.05, 0) is 57.0 Å². The van der Waals surface area contributed by atoms with Crippen LogP contribution in [0.3, 0.4) is 0 Å². The summed E-state index contributed by atoms with van der Waals surface area (Å²) in [5.41, 5.74) is 0.294. The van der Waals surface area contributed by atoms with Gasteiger partial charge in [-0.25, -0.2) is 9.29 Å². The standard InChI is InChI=1S/C20H23ClFN3O3/c21-15-11-14(3-4-16(15)22)25-18(26)12-17(20(25)28)23-9-5-13(6-10-23)19(27)24-7-1-2-8-24/h3-4,11,13,17H,1-2,5-10,12H2/t17-/m0/s1. The summed E-state index contributed by atoms with van der Waals surface area (Å²) in [6, 6.07) is 3.32. The summed E-state index contributed by atoms with van der Waals surface area (Å²) in [6.45, 7) is 2.94. The Morgan fingerprint density at radius 3 is 2.39 bits per heavy atom. The van der Waals surface area contributed by atoms with E-state index >= 15 is 0 Å². The van der Waals surface area contributed by atoms with Crippen molar-refractivity contribution in [2.75, 3.05) is 31.1 Å².